The van der Waals surface area contributed by atoms with Crippen molar-refractivity contribution in [2.75, 3.05) is 4.90 Å². The number of nitrogens with zero attached hydrogens (tertiary/aromatic N) is 5. The van der Waals surface area contributed by atoms with Gasteiger partial charge in [-0.05, 0) is 17.7 Å². The fourth-order valence-corrected chi connectivity index (χ4v) is 6.54. The number of alkyl halides is 1. The van der Waals surface area contributed by atoms with E-state index in [4.69, 9.17) is 11.6 Å². The molecule has 2 unspecified atom stereocenters. The number of para-hydroxylation sites is 1. The summed E-state index contributed by atoms with van der Waals surface area (Å²) >= 11 is 10.7. The normalized spacial score (nSPS) is 18.4. The van der Waals surface area contributed by atoms with Crippen molar-refractivity contribution in [3.63, 3.8) is 0 Å². The maximum Gasteiger partial charge on any atom is 0.269 e. The number of anilines is 1. The van der Waals surface area contributed by atoms with Gasteiger partial charge in [0, 0.05) is 12.1 Å². The monoisotopic (exact) mass is 489 g/mol. The van der Waals surface area contributed by atoms with Gasteiger partial charge in [-0.1, -0.05) is 47.4 Å². The number of carbonyl (C=O) groups excluding carboxylic acids is 1. The van der Waals surface area contributed by atoms with Gasteiger partial charge in [0.05, 0.1) is 26.9 Å². The highest BCUT2D eigenvalue weighted by Gasteiger charge is 2.49. The molecule has 1 saturated heterocycles. The number of fused-ring (bicyclic) bond motifs is 1. The number of nitro groups is 1. The molecule has 2 aromatic carbocycles. The Morgan fingerprint density at radius 3 is 2.81 bits per heavy atom. The summed E-state index contributed by atoms with van der Waals surface area (Å²) in [4.78, 5) is 29.1. The number of β-lactam (4-membered cyclic amide) rings is 1. The van der Waals surface area contributed by atoms with Crippen LogP contribution in [0.25, 0.3) is 10.2 Å². The molecule has 0 aliphatic carbocycles. The molecular weight excluding hydrogens is 478 g/mol. The minimum Gasteiger partial charge on any atom is -0.276 e. The van der Waals surface area contributed by atoms with Crippen molar-refractivity contribution in [2.45, 2.75) is 21.5 Å². The third kappa shape index (κ3) is 3.78. The van der Waals surface area contributed by atoms with Crippen LogP contribution in [0.15, 0.2) is 52.9 Å². The number of amides is 1. The molecule has 3 heterocycles. The summed E-state index contributed by atoms with van der Waals surface area (Å²) in [6.07, 6.45) is 0. The Labute approximate surface area is 193 Å². The Morgan fingerprint density at radius 1 is 1.16 bits per heavy atom. The molecule has 8 nitrogen and oxygen atoms in total. The van der Waals surface area contributed by atoms with Crippen molar-refractivity contribution in [3.05, 3.63) is 69.2 Å². The van der Waals surface area contributed by atoms with Crippen molar-refractivity contribution in [1.82, 2.24) is 15.2 Å². The smallest absolute Gasteiger partial charge is 0.269 e. The van der Waals surface area contributed by atoms with Crippen molar-refractivity contribution in [3.8, 4) is 0 Å². The predicted molar refractivity (Wildman–Crippen MR) is 122 cm³/mol. The maximum absolute atomic E-state index is 12.4. The lowest BCUT2D eigenvalue weighted by Gasteiger charge is -2.42. The molecule has 0 spiro atoms. The second kappa shape index (κ2) is 8.15. The summed E-state index contributed by atoms with van der Waals surface area (Å²) in [5.41, 5.74) is 1.51. The molecule has 31 heavy (non-hydrogen) atoms. The first-order valence-electron chi connectivity index (χ1n) is 9.03. The number of non-ortho nitro benzene ring substituents is 1. The van der Waals surface area contributed by atoms with E-state index in [-0.39, 0.29) is 11.6 Å². The molecule has 156 valence electrons. The maximum atomic E-state index is 12.4. The van der Waals surface area contributed by atoms with Crippen molar-refractivity contribution < 1.29 is 9.72 Å². The van der Waals surface area contributed by atoms with Gasteiger partial charge in [-0.3, -0.25) is 19.8 Å². The van der Waals surface area contributed by atoms with Crippen LogP contribution in [0.5, 0.6) is 0 Å². The number of benzene rings is 2. The Kier molecular flexibility index (Phi) is 5.34. The molecule has 0 bridgehead atoms. The zero-order valence-corrected chi connectivity index (χ0v) is 18.7. The first-order valence-corrected chi connectivity index (χ1v) is 12.1. The number of thiazole rings is 1. The lowest BCUT2D eigenvalue weighted by Crippen LogP contribution is -2.56. The molecule has 5 rings (SSSR count). The predicted octanol–water partition coefficient (Wildman–Crippen LogP) is 5.04. The minimum atomic E-state index is -0.800. The first kappa shape index (κ1) is 20.3. The average Bonchev–Trinajstić information content (AvgIpc) is 3.41. The van der Waals surface area contributed by atoms with Gasteiger partial charge >= 0.3 is 0 Å². The summed E-state index contributed by atoms with van der Waals surface area (Å²) in [7, 11) is 0. The van der Waals surface area contributed by atoms with E-state index >= 15 is 0 Å². The second-order valence-electron chi connectivity index (χ2n) is 6.62. The topological polar surface area (TPSA) is 102 Å². The quantitative estimate of drug-likeness (QED) is 0.123. The minimum absolute atomic E-state index is 0.0501. The highest BCUT2D eigenvalue weighted by Crippen LogP contribution is 2.44. The van der Waals surface area contributed by atoms with E-state index in [1.807, 2.05) is 24.3 Å². The summed E-state index contributed by atoms with van der Waals surface area (Å²) < 4.78 is 2.07. The molecule has 1 fully saturated rings. The molecule has 12 heteroatoms. The second-order valence-corrected chi connectivity index (χ2v) is 10.4. The van der Waals surface area contributed by atoms with Gasteiger partial charge in [-0.2, -0.15) is 0 Å². The van der Waals surface area contributed by atoms with Gasteiger partial charge in [0.25, 0.3) is 5.69 Å². The van der Waals surface area contributed by atoms with Gasteiger partial charge in [-0.25, -0.2) is 4.98 Å². The van der Waals surface area contributed by atoms with E-state index in [2.05, 4.69) is 15.2 Å². The third-order valence-electron chi connectivity index (χ3n) is 4.71. The summed E-state index contributed by atoms with van der Waals surface area (Å²) in [5.74, 6) is 0.283. The highest BCUT2D eigenvalue weighted by molar-refractivity contribution is 8.00. The van der Waals surface area contributed by atoms with Crippen molar-refractivity contribution in [1.29, 1.82) is 0 Å². The lowest BCUT2D eigenvalue weighted by molar-refractivity contribution is -0.384. The van der Waals surface area contributed by atoms with Crippen LogP contribution in [0.4, 0.5) is 10.8 Å². The Bertz CT molecular complexity index is 1280. The fraction of sp³-hybridized carbons (Fsp3) is 0.158. The van der Waals surface area contributed by atoms with Gasteiger partial charge in [0.2, 0.25) is 11.0 Å². The molecule has 1 aliphatic heterocycles. The Morgan fingerprint density at radius 2 is 2.00 bits per heavy atom. The lowest BCUT2D eigenvalue weighted by atomic mass is 9.93. The zero-order chi connectivity index (χ0) is 21.5. The van der Waals surface area contributed by atoms with E-state index in [0.717, 1.165) is 19.6 Å². The molecule has 1 amide bonds. The van der Waals surface area contributed by atoms with Crippen LogP contribution in [0.1, 0.15) is 16.6 Å². The van der Waals surface area contributed by atoms with Crippen LogP contribution in [0.3, 0.4) is 0 Å². The number of halogens is 1. The summed E-state index contributed by atoms with van der Waals surface area (Å²) in [5, 5.41) is 19.8. The molecule has 0 saturated carbocycles. The third-order valence-corrected chi connectivity index (χ3v) is 8.43. The SMILES string of the molecule is O=C1C(Cl)C(c2cccc([N+](=O)[O-])c2)N1c1nnc(CSc2nc3ccccc3s2)s1. The summed E-state index contributed by atoms with van der Waals surface area (Å²) in [6, 6.07) is 13.6. The van der Waals surface area contributed by atoms with Crippen LogP contribution in [0.2, 0.25) is 0 Å². The number of hydrogen-bond acceptors (Lipinski definition) is 9. The van der Waals surface area contributed by atoms with Crippen molar-refractivity contribution >= 4 is 73.0 Å². The molecule has 2 atom stereocenters. The van der Waals surface area contributed by atoms with E-state index in [9.17, 15) is 14.9 Å². The van der Waals surface area contributed by atoms with Crippen LogP contribution in [0, 0.1) is 10.1 Å². The molecule has 2 aromatic heterocycles. The van der Waals surface area contributed by atoms with E-state index < -0.39 is 16.3 Å². The van der Waals surface area contributed by atoms with E-state index in [1.165, 1.54) is 28.4 Å². The van der Waals surface area contributed by atoms with Gasteiger partial charge < -0.3 is 0 Å². The number of nitro benzene ring substituents is 1. The molecule has 0 radical (unpaired) electrons. The molecule has 4 aromatic rings. The van der Waals surface area contributed by atoms with E-state index in [1.54, 1.807) is 35.2 Å². The number of aromatic nitrogens is 3. The average molecular weight is 490 g/mol. The standard InChI is InChI=1S/C19H12ClN5O3S3/c20-15-16(10-4-3-5-11(8-10)25(27)28)24(17(15)26)18-23-22-14(31-18)9-29-19-21-12-6-1-2-7-13(12)30-19/h1-8,15-16H,9H2. The van der Waals surface area contributed by atoms with Gasteiger partial charge in [0.1, 0.15) is 10.4 Å². The molecule has 0 N–H and O–H groups in total. The van der Waals surface area contributed by atoms with Crippen LogP contribution < -0.4 is 4.90 Å². The highest BCUT2D eigenvalue weighted by atomic mass is 35.5. The van der Waals surface area contributed by atoms with Gasteiger partial charge in [-0.15, -0.1) is 33.1 Å². The summed E-state index contributed by atoms with van der Waals surface area (Å²) in [6.45, 7) is 0. The van der Waals surface area contributed by atoms with Gasteiger partial charge in [0.15, 0.2) is 4.34 Å². The zero-order valence-electron chi connectivity index (χ0n) is 15.5. The number of thioether (sulfide) groups is 1. The number of carbonyl (C=O) groups is 1. The van der Waals surface area contributed by atoms with Crippen molar-refractivity contribution in [2.24, 2.45) is 0 Å². The van der Waals surface area contributed by atoms with Crippen LogP contribution >= 0.6 is 46.0 Å². The van der Waals surface area contributed by atoms with E-state index in [0.29, 0.717) is 16.4 Å². The molecular formula is C19H12ClN5O3S3. The molecule has 1 aliphatic rings. The Hall–Kier alpha value is -2.60. The number of rotatable bonds is 6. The largest absolute Gasteiger partial charge is 0.276 e. The van der Waals surface area contributed by atoms with Crippen LogP contribution in [-0.4, -0.2) is 31.4 Å². The van der Waals surface area contributed by atoms with Crippen LogP contribution in [-0.2, 0) is 10.5 Å². The number of hydrogen-bond donors (Lipinski definition) is 0. The fourth-order valence-electron chi connectivity index (χ4n) is 3.24. The first-order chi connectivity index (χ1) is 15.0. The Balaban J connectivity index is 1.33.